The quantitative estimate of drug-likeness (QED) is 0.726. The van der Waals surface area contributed by atoms with Gasteiger partial charge in [-0.05, 0) is 50.5 Å². The Kier molecular flexibility index (Phi) is 5.00. The number of rotatable bonds is 4. The van der Waals surface area contributed by atoms with E-state index in [1.165, 1.54) is 19.2 Å². The zero-order valence-electron chi connectivity index (χ0n) is 16.6. The van der Waals surface area contributed by atoms with E-state index in [-0.39, 0.29) is 11.6 Å². The molecule has 1 aromatic carbocycles. The number of fused-ring (bicyclic) bond motifs is 1. The summed E-state index contributed by atoms with van der Waals surface area (Å²) in [7, 11) is 1.39. The Labute approximate surface area is 167 Å². The number of amides is 1. The van der Waals surface area contributed by atoms with Crippen molar-refractivity contribution in [1.29, 1.82) is 0 Å². The molecule has 29 heavy (non-hydrogen) atoms. The summed E-state index contributed by atoms with van der Waals surface area (Å²) >= 11 is 0. The highest BCUT2D eigenvalue weighted by atomic mass is 19.1. The lowest BCUT2D eigenvalue weighted by Crippen LogP contribution is -2.23. The Morgan fingerprint density at radius 3 is 2.59 bits per heavy atom. The van der Waals surface area contributed by atoms with Crippen LogP contribution in [-0.4, -0.2) is 41.1 Å². The maximum Gasteiger partial charge on any atom is 0.293 e. The number of benzene rings is 1. The monoisotopic (exact) mass is 395 g/mol. The molecule has 0 unspecified atom stereocenters. The third kappa shape index (κ3) is 3.70. The van der Waals surface area contributed by atoms with Gasteiger partial charge in [-0.2, -0.15) is 0 Å². The molecule has 1 saturated heterocycles. The largest absolute Gasteiger partial charge is 0.494 e. The number of nitrogens with one attached hydrogen (secondary N) is 1. The van der Waals surface area contributed by atoms with E-state index in [0.29, 0.717) is 11.3 Å². The van der Waals surface area contributed by atoms with Crippen molar-refractivity contribution in [3.63, 3.8) is 0 Å². The number of carbonyl (C=O) groups excluding carboxylic acids is 1. The fourth-order valence-corrected chi connectivity index (χ4v) is 3.65. The minimum atomic E-state index is -0.560. The van der Waals surface area contributed by atoms with Crippen molar-refractivity contribution in [3.05, 3.63) is 47.2 Å². The number of aromatic nitrogens is 3. The van der Waals surface area contributed by atoms with Gasteiger partial charge in [-0.1, -0.05) is 0 Å². The fraction of sp³-hybridized carbons (Fsp3) is 0.333. The predicted molar refractivity (Wildman–Crippen MR) is 109 cm³/mol. The highest BCUT2D eigenvalue weighted by Crippen LogP contribution is 2.29. The van der Waals surface area contributed by atoms with Crippen LogP contribution in [0.3, 0.4) is 0 Å². The van der Waals surface area contributed by atoms with Crippen molar-refractivity contribution in [2.45, 2.75) is 26.7 Å². The molecule has 1 N–H and O–H groups in total. The number of pyridine rings is 1. The molecular weight excluding hydrogens is 373 g/mol. The van der Waals surface area contributed by atoms with Crippen LogP contribution >= 0.6 is 0 Å². The maximum atomic E-state index is 13.9. The third-order valence-corrected chi connectivity index (χ3v) is 4.99. The molecule has 3 aromatic rings. The lowest BCUT2D eigenvalue weighted by atomic mass is 10.1. The molecule has 0 saturated carbocycles. The number of halogens is 1. The molecule has 7 nitrogen and oxygen atoms in total. The van der Waals surface area contributed by atoms with E-state index in [1.54, 1.807) is 6.07 Å². The van der Waals surface area contributed by atoms with Crippen molar-refractivity contribution >= 4 is 28.4 Å². The summed E-state index contributed by atoms with van der Waals surface area (Å²) in [6, 6.07) is 6.21. The van der Waals surface area contributed by atoms with Crippen molar-refractivity contribution in [1.82, 2.24) is 15.0 Å². The Hall–Kier alpha value is -3.29. The molecule has 0 radical (unpaired) electrons. The number of anilines is 2. The molecule has 2 aromatic heterocycles. The highest BCUT2D eigenvalue weighted by Gasteiger charge is 2.22. The highest BCUT2D eigenvalue weighted by molar-refractivity contribution is 6.04. The molecule has 150 valence electrons. The molecule has 1 amide bonds. The Morgan fingerprint density at radius 2 is 1.90 bits per heavy atom. The van der Waals surface area contributed by atoms with E-state index in [9.17, 15) is 9.18 Å². The molecular formula is C21H22FN5O2. The maximum absolute atomic E-state index is 13.9. The van der Waals surface area contributed by atoms with E-state index in [0.717, 1.165) is 48.4 Å². The molecule has 0 aliphatic carbocycles. The first-order valence-corrected chi connectivity index (χ1v) is 9.52. The van der Waals surface area contributed by atoms with Crippen LogP contribution in [0.25, 0.3) is 11.0 Å². The second-order valence-electron chi connectivity index (χ2n) is 7.15. The summed E-state index contributed by atoms with van der Waals surface area (Å²) in [6.07, 6.45) is 2.16. The molecule has 1 aliphatic rings. The number of ether oxygens (including phenoxy) is 1. The van der Waals surface area contributed by atoms with Gasteiger partial charge in [0.1, 0.15) is 5.82 Å². The first-order chi connectivity index (χ1) is 14.0. The van der Waals surface area contributed by atoms with E-state index in [4.69, 9.17) is 4.74 Å². The van der Waals surface area contributed by atoms with Gasteiger partial charge in [0, 0.05) is 30.5 Å². The molecule has 0 spiro atoms. The van der Waals surface area contributed by atoms with Crippen molar-refractivity contribution in [2.75, 3.05) is 30.4 Å². The second kappa shape index (κ2) is 7.62. The molecule has 0 bridgehead atoms. The van der Waals surface area contributed by atoms with Gasteiger partial charge in [-0.15, -0.1) is 0 Å². The molecule has 1 aliphatic heterocycles. The van der Waals surface area contributed by atoms with Crippen molar-refractivity contribution in [2.24, 2.45) is 0 Å². The number of carbonyl (C=O) groups is 1. The summed E-state index contributed by atoms with van der Waals surface area (Å²) in [4.78, 5) is 28.5. The first kappa shape index (κ1) is 19.0. The standard InChI is InChI=1S/C21H22FN5O2/c1-12-10-13(2)23-18-17(12)20(27-8-4-5-9-27)26-19(25-18)21(28)24-14-6-7-16(29-3)15(22)11-14/h6-7,10-11H,4-5,8-9H2,1-3H3,(H,24,28). The van der Waals surface area contributed by atoms with Crippen molar-refractivity contribution in [3.8, 4) is 5.75 Å². The fourth-order valence-electron chi connectivity index (χ4n) is 3.65. The van der Waals surface area contributed by atoms with Crippen LogP contribution in [0, 0.1) is 19.7 Å². The van der Waals surface area contributed by atoms with E-state index in [2.05, 4.69) is 25.2 Å². The van der Waals surface area contributed by atoms with E-state index in [1.807, 2.05) is 19.9 Å². The topological polar surface area (TPSA) is 80.2 Å². The van der Waals surface area contributed by atoms with Gasteiger partial charge < -0.3 is 15.0 Å². The minimum absolute atomic E-state index is 0.00752. The molecule has 0 atom stereocenters. The van der Waals surface area contributed by atoms with Gasteiger partial charge in [-0.25, -0.2) is 19.3 Å². The van der Waals surface area contributed by atoms with Crippen LogP contribution in [0.1, 0.15) is 34.7 Å². The summed E-state index contributed by atoms with van der Waals surface area (Å²) in [5.74, 6) is -0.235. The Balaban J connectivity index is 1.75. The predicted octanol–water partition coefficient (Wildman–Crippen LogP) is 3.64. The van der Waals surface area contributed by atoms with Gasteiger partial charge in [0.25, 0.3) is 5.91 Å². The summed E-state index contributed by atoms with van der Waals surface area (Å²) in [5, 5.41) is 3.52. The van der Waals surface area contributed by atoms with Gasteiger partial charge in [-0.3, -0.25) is 4.79 Å². The van der Waals surface area contributed by atoms with Crippen molar-refractivity contribution < 1.29 is 13.9 Å². The Morgan fingerprint density at radius 1 is 1.14 bits per heavy atom. The lowest BCUT2D eigenvalue weighted by molar-refractivity contribution is 0.101. The van der Waals surface area contributed by atoms with Gasteiger partial charge in [0.05, 0.1) is 12.5 Å². The average Bonchev–Trinajstić information content (AvgIpc) is 3.21. The van der Waals surface area contributed by atoms with Gasteiger partial charge in [0.2, 0.25) is 5.82 Å². The average molecular weight is 395 g/mol. The minimum Gasteiger partial charge on any atom is -0.494 e. The number of nitrogens with zero attached hydrogens (tertiary/aromatic N) is 4. The molecule has 3 heterocycles. The van der Waals surface area contributed by atoms with Crippen LogP contribution in [0.2, 0.25) is 0 Å². The smallest absolute Gasteiger partial charge is 0.293 e. The number of aryl methyl sites for hydroxylation is 2. The number of hydrogen-bond donors (Lipinski definition) is 1. The van der Waals surface area contributed by atoms with E-state index >= 15 is 0 Å². The number of methoxy groups -OCH3 is 1. The summed E-state index contributed by atoms with van der Waals surface area (Å²) in [6.45, 7) is 5.65. The first-order valence-electron chi connectivity index (χ1n) is 9.52. The summed E-state index contributed by atoms with van der Waals surface area (Å²) < 4.78 is 18.9. The van der Waals surface area contributed by atoms with Crippen LogP contribution in [0.4, 0.5) is 15.9 Å². The van der Waals surface area contributed by atoms with Crippen LogP contribution in [0.15, 0.2) is 24.3 Å². The van der Waals surface area contributed by atoms with Crippen LogP contribution < -0.4 is 15.0 Å². The molecule has 8 heteroatoms. The zero-order valence-corrected chi connectivity index (χ0v) is 16.6. The normalized spacial score (nSPS) is 13.7. The van der Waals surface area contributed by atoms with Crippen LogP contribution in [0.5, 0.6) is 5.75 Å². The van der Waals surface area contributed by atoms with Gasteiger partial charge in [0.15, 0.2) is 17.2 Å². The third-order valence-electron chi connectivity index (χ3n) is 4.99. The summed E-state index contributed by atoms with van der Waals surface area (Å²) in [5.41, 5.74) is 2.64. The van der Waals surface area contributed by atoms with Crippen LogP contribution in [-0.2, 0) is 0 Å². The molecule has 1 fully saturated rings. The SMILES string of the molecule is COc1ccc(NC(=O)c2nc(N3CCCC3)c3c(C)cc(C)nc3n2)cc1F. The Bertz CT molecular complexity index is 1100. The van der Waals surface area contributed by atoms with E-state index < -0.39 is 11.7 Å². The number of hydrogen-bond acceptors (Lipinski definition) is 6. The second-order valence-corrected chi connectivity index (χ2v) is 7.15. The van der Waals surface area contributed by atoms with Gasteiger partial charge >= 0.3 is 0 Å². The molecule has 4 rings (SSSR count). The zero-order chi connectivity index (χ0) is 20.5. The lowest BCUT2D eigenvalue weighted by Gasteiger charge is -2.20.